The highest BCUT2D eigenvalue weighted by molar-refractivity contribution is 6.24. The Hall–Kier alpha value is -1.64. The van der Waals surface area contributed by atoms with Gasteiger partial charge in [-0.1, -0.05) is 19.9 Å². The van der Waals surface area contributed by atoms with E-state index in [1.54, 1.807) is 19.9 Å². The van der Waals surface area contributed by atoms with Gasteiger partial charge in [0.15, 0.2) is 5.78 Å². The van der Waals surface area contributed by atoms with Crippen molar-refractivity contribution >= 4 is 11.4 Å². The van der Waals surface area contributed by atoms with E-state index in [1.165, 1.54) is 0 Å². The molecule has 1 aliphatic carbocycles. The Bertz CT molecular complexity index is 610. The van der Waals surface area contributed by atoms with E-state index >= 15 is 0 Å². The van der Waals surface area contributed by atoms with Crippen LogP contribution in [0.2, 0.25) is 0 Å². The number of halogens is 1. The molecule has 0 saturated carbocycles. The molecule has 19 heavy (non-hydrogen) atoms. The molecule has 0 fully saturated rings. The third-order valence-electron chi connectivity index (χ3n) is 3.89. The highest BCUT2D eigenvalue weighted by atomic mass is 19.1. The van der Waals surface area contributed by atoms with Crippen molar-refractivity contribution in [2.45, 2.75) is 41.0 Å². The van der Waals surface area contributed by atoms with Crippen molar-refractivity contribution in [3.05, 3.63) is 39.9 Å². The van der Waals surface area contributed by atoms with Gasteiger partial charge in [-0.2, -0.15) is 0 Å². The van der Waals surface area contributed by atoms with Crippen molar-refractivity contribution in [2.24, 2.45) is 5.41 Å². The molecule has 0 bridgehead atoms. The second-order valence-corrected chi connectivity index (χ2v) is 6.03. The van der Waals surface area contributed by atoms with Gasteiger partial charge < -0.3 is 5.11 Å². The summed E-state index contributed by atoms with van der Waals surface area (Å²) in [6.45, 7) is 8.84. The Kier molecular flexibility index (Phi) is 3.04. The first-order chi connectivity index (χ1) is 8.66. The lowest BCUT2D eigenvalue weighted by Crippen LogP contribution is -2.10. The summed E-state index contributed by atoms with van der Waals surface area (Å²) in [5, 5.41) is 10.3. The molecule has 0 atom stereocenters. The summed E-state index contributed by atoms with van der Waals surface area (Å²) in [6.07, 6.45) is 0.266. The van der Waals surface area contributed by atoms with Crippen LogP contribution < -0.4 is 0 Å². The molecule has 102 valence electrons. The molecule has 0 aromatic heterocycles. The number of ketones is 1. The summed E-state index contributed by atoms with van der Waals surface area (Å²) >= 11 is 0. The summed E-state index contributed by atoms with van der Waals surface area (Å²) in [5.41, 5.74) is 2.10. The molecule has 2 rings (SSSR count). The summed E-state index contributed by atoms with van der Waals surface area (Å²) < 4.78 is 14.1. The Morgan fingerprint density at radius 3 is 2.26 bits per heavy atom. The molecule has 0 amide bonds. The molecule has 0 heterocycles. The number of allylic oxidation sites excluding steroid dienone is 2. The zero-order chi connectivity index (χ0) is 14.5. The SMILES string of the molecule is Cc1cc(C)c(C2=C(O)C(C)(C)CC2=O)c(C)c1F. The van der Waals surface area contributed by atoms with Gasteiger partial charge in [0.2, 0.25) is 0 Å². The van der Waals surface area contributed by atoms with Crippen LogP contribution >= 0.6 is 0 Å². The first-order valence-electron chi connectivity index (χ1n) is 6.40. The largest absolute Gasteiger partial charge is 0.511 e. The van der Waals surface area contributed by atoms with Gasteiger partial charge in [-0.3, -0.25) is 4.79 Å². The Morgan fingerprint density at radius 1 is 1.21 bits per heavy atom. The molecule has 2 nitrogen and oxygen atoms in total. The Labute approximate surface area is 113 Å². The average molecular weight is 262 g/mol. The minimum atomic E-state index is -0.563. The number of Topliss-reactive ketones (excluding diaryl/α,β-unsaturated/α-hetero) is 1. The third kappa shape index (κ3) is 1.97. The van der Waals surface area contributed by atoms with Gasteiger partial charge in [0, 0.05) is 11.8 Å². The number of aliphatic hydroxyl groups is 1. The molecule has 1 aromatic rings. The van der Waals surface area contributed by atoms with Crippen LogP contribution in [0, 0.1) is 32.0 Å². The number of hydrogen-bond acceptors (Lipinski definition) is 2. The topological polar surface area (TPSA) is 37.3 Å². The van der Waals surface area contributed by atoms with Crippen LogP contribution in [-0.4, -0.2) is 10.9 Å². The maximum Gasteiger partial charge on any atom is 0.167 e. The highest BCUT2D eigenvalue weighted by Crippen LogP contribution is 2.44. The zero-order valence-electron chi connectivity index (χ0n) is 12.0. The van der Waals surface area contributed by atoms with Crippen molar-refractivity contribution in [3.63, 3.8) is 0 Å². The van der Waals surface area contributed by atoms with Gasteiger partial charge >= 0.3 is 0 Å². The molecule has 1 aromatic carbocycles. The molecule has 0 saturated heterocycles. The van der Waals surface area contributed by atoms with E-state index in [-0.39, 0.29) is 23.8 Å². The van der Waals surface area contributed by atoms with E-state index < -0.39 is 5.41 Å². The minimum absolute atomic E-state index is 0.0759. The van der Waals surface area contributed by atoms with E-state index in [4.69, 9.17) is 0 Å². The number of rotatable bonds is 1. The number of aliphatic hydroxyl groups excluding tert-OH is 1. The van der Waals surface area contributed by atoms with E-state index in [2.05, 4.69) is 0 Å². The monoisotopic (exact) mass is 262 g/mol. The van der Waals surface area contributed by atoms with Crippen molar-refractivity contribution in [2.75, 3.05) is 0 Å². The Morgan fingerprint density at radius 2 is 1.79 bits per heavy atom. The lowest BCUT2D eigenvalue weighted by atomic mass is 9.90. The van der Waals surface area contributed by atoms with Gasteiger partial charge in [-0.25, -0.2) is 4.39 Å². The first-order valence-corrected chi connectivity index (χ1v) is 6.40. The lowest BCUT2D eigenvalue weighted by molar-refractivity contribution is -0.114. The molecule has 1 N–H and O–H groups in total. The van der Waals surface area contributed by atoms with Gasteiger partial charge in [-0.05, 0) is 43.0 Å². The van der Waals surface area contributed by atoms with Crippen molar-refractivity contribution in [1.82, 2.24) is 0 Å². The van der Waals surface area contributed by atoms with Crippen LogP contribution in [0.5, 0.6) is 0 Å². The van der Waals surface area contributed by atoms with E-state index in [9.17, 15) is 14.3 Å². The number of benzene rings is 1. The minimum Gasteiger partial charge on any atom is -0.511 e. The van der Waals surface area contributed by atoms with Crippen LogP contribution in [0.1, 0.15) is 42.5 Å². The van der Waals surface area contributed by atoms with Crippen LogP contribution in [-0.2, 0) is 4.79 Å². The van der Waals surface area contributed by atoms with Crippen LogP contribution in [0.3, 0.4) is 0 Å². The standard InChI is InChI=1S/C16H19FO2/c1-8-6-9(2)14(17)10(3)12(8)13-11(18)7-16(4,5)15(13)19/h6,19H,7H2,1-5H3. The van der Waals surface area contributed by atoms with E-state index in [0.717, 1.165) is 5.56 Å². The fourth-order valence-corrected chi connectivity index (χ4v) is 2.85. The molecule has 3 heteroatoms. The first kappa shape index (κ1) is 13.8. The van der Waals surface area contributed by atoms with E-state index in [0.29, 0.717) is 22.3 Å². The van der Waals surface area contributed by atoms with Crippen molar-refractivity contribution in [1.29, 1.82) is 0 Å². The zero-order valence-corrected chi connectivity index (χ0v) is 12.0. The number of aryl methyl sites for hydroxylation is 2. The van der Waals surface area contributed by atoms with Crippen LogP contribution in [0.15, 0.2) is 11.8 Å². The predicted molar refractivity (Wildman–Crippen MR) is 73.6 cm³/mol. The van der Waals surface area contributed by atoms with Gasteiger partial charge in [-0.15, -0.1) is 0 Å². The number of carbonyl (C=O) groups excluding carboxylic acids is 1. The maximum atomic E-state index is 14.1. The quantitative estimate of drug-likeness (QED) is 0.830. The molecule has 0 aliphatic heterocycles. The van der Waals surface area contributed by atoms with Crippen LogP contribution in [0.4, 0.5) is 4.39 Å². The smallest absolute Gasteiger partial charge is 0.167 e. The number of hydrogen-bond donors (Lipinski definition) is 1. The second-order valence-electron chi connectivity index (χ2n) is 6.03. The fourth-order valence-electron chi connectivity index (χ4n) is 2.85. The predicted octanol–water partition coefficient (Wildman–Crippen LogP) is 4.02. The number of carbonyl (C=O) groups is 1. The molecule has 0 unspecified atom stereocenters. The summed E-state index contributed by atoms with van der Waals surface area (Å²) in [6, 6.07) is 1.72. The summed E-state index contributed by atoms with van der Waals surface area (Å²) in [4.78, 5) is 12.2. The second kappa shape index (κ2) is 4.19. The van der Waals surface area contributed by atoms with Crippen LogP contribution in [0.25, 0.3) is 5.57 Å². The maximum absolute atomic E-state index is 14.1. The molecule has 0 spiro atoms. The molecular formula is C16H19FO2. The van der Waals surface area contributed by atoms with Crippen molar-refractivity contribution in [3.8, 4) is 0 Å². The van der Waals surface area contributed by atoms with Crippen molar-refractivity contribution < 1.29 is 14.3 Å². The third-order valence-corrected chi connectivity index (χ3v) is 3.89. The highest BCUT2D eigenvalue weighted by Gasteiger charge is 2.40. The average Bonchev–Trinajstić information content (AvgIpc) is 2.48. The normalized spacial score (nSPS) is 18.3. The van der Waals surface area contributed by atoms with Gasteiger partial charge in [0.25, 0.3) is 0 Å². The van der Waals surface area contributed by atoms with E-state index in [1.807, 2.05) is 20.8 Å². The molecular weight excluding hydrogens is 243 g/mol. The lowest BCUT2D eigenvalue weighted by Gasteiger charge is -2.17. The Balaban J connectivity index is 2.77. The molecule has 1 aliphatic rings. The van der Waals surface area contributed by atoms with Gasteiger partial charge in [0.1, 0.15) is 11.6 Å². The fraction of sp³-hybridized carbons (Fsp3) is 0.438. The summed E-state index contributed by atoms with van der Waals surface area (Å²) in [7, 11) is 0. The molecule has 0 radical (unpaired) electrons. The van der Waals surface area contributed by atoms with Gasteiger partial charge in [0.05, 0.1) is 5.57 Å². The summed E-state index contributed by atoms with van der Waals surface area (Å²) in [5.74, 6) is -0.345.